The Morgan fingerprint density at radius 3 is 2.75 bits per heavy atom. The molecule has 106 valence electrons. The summed E-state index contributed by atoms with van der Waals surface area (Å²) in [6.07, 6.45) is 1.63. The highest BCUT2D eigenvalue weighted by Gasteiger charge is 2.14. The minimum absolute atomic E-state index is 0.0939. The number of nitro benzene ring substituents is 1. The Hall–Kier alpha value is -2.34. The van der Waals surface area contributed by atoms with Crippen LogP contribution < -0.4 is 5.32 Å². The molecule has 2 rings (SSSR count). The second-order valence-corrected chi connectivity index (χ2v) is 4.61. The van der Waals surface area contributed by atoms with Crippen LogP contribution in [0.2, 0.25) is 0 Å². The van der Waals surface area contributed by atoms with E-state index < -0.39 is 0 Å². The first-order valence-electron chi connectivity index (χ1n) is 6.26. The predicted octanol–water partition coefficient (Wildman–Crippen LogP) is 2.86. The van der Waals surface area contributed by atoms with Crippen molar-refractivity contribution in [1.29, 1.82) is 0 Å². The van der Waals surface area contributed by atoms with Crippen molar-refractivity contribution in [2.75, 3.05) is 19.4 Å². The zero-order valence-electron chi connectivity index (χ0n) is 11.5. The average Bonchev–Trinajstić information content (AvgIpc) is 2.91. The molecule has 0 fully saturated rings. The first-order chi connectivity index (χ1) is 9.60. The highest BCUT2D eigenvalue weighted by atomic mass is 16.6. The van der Waals surface area contributed by atoms with Crippen LogP contribution >= 0.6 is 0 Å². The maximum atomic E-state index is 11.0. The molecule has 0 aliphatic carbocycles. The molecule has 1 N–H and O–H groups in total. The maximum Gasteiger partial charge on any atom is 0.292 e. The van der Waals surface area contributed by atoms with Gasteiger partial charge < -0.3 is 9.73 Å². The normalized spacial score (nSPS) is 10.8. The summed E-state index contributed by atoms with van der Waals surface area (Å²) in [6.45, 7) is 1.28. The second kappa shape index (κ2) is 6.21. The quantitative estimate of drug-likeness (QED) is 0.648. The molecule has 6 nitrogen and oxygen atoms in total. The van der Waals surface area contributed by atoms with E-state index in [1.54, 1.807) is 25.4 Å². The summed E-state index contributed by atoms with van der Waals surface area (Å²) in [5, 5.41) is 13.8. The Labute approximate surface area is 117 Å². The standard InChI is InChI=1S/C14H17N3O3/c1-15-13-6-5-11(8-14(13)17(18)19)9-16(2)10-12-4-3-7-20-12/h3-8,15H,9-10H2,1-2H3. The Bertz CT molecular complexity index is 581. The van der Waals surface area contributed by atoms with Gasteiger partial charge in [-0.3, -0.25) is 15.0 Å². The third-order valence-electron chi connectivity index (χ3n) is 2.99. The summed E-state index contributed by atoms with van der Waals surface area (Å²) in [4.78, 5) is 12.7. The maximum absolute atomic E-state index is 11.0. The minimum Gasteiger partial charge on any atom is -0.468 e. The zero-order valence-corrected chi connectivity index (χ0v) is 11.5. The number of hydrogen-bond donors (Lipinski definition) is 1. The fraction of sp³-hybridized carbons (Fsp3) is 0.286. The van der Waals surface area contributed by atoms with Gasteiger partial charge in [-0.25, -0.2) is 0 Å². The summed E-state index contributed by atoms with van der Waals surface area (Å²) in [6, 6.07) is 8.97. The largest absolute Gasteiger partial charge is 0.468 e. The fourth-order valence-electron chi connectivity index (χ4n) is 2.07. The van der Waals surface area contributed by atoms with Gasteiger partial charge in [0.05, 0.1) is 17.7 Å². The van der Waals surface area contributed by atoms with E-state index in [-0.39, 0.29) is 10.6 Å². The number of rotatable bonds is 6. The third kappa shape index (κ3) is 3.36. The predicted molar refractivity (Wildman–Crippen MR) is 76.5 cm³/mol. The van der Waals surface area contributed by atoms with E-state index >= 15 is 0 Å². The molecule has 0 atom stereocenters. The SMILES string of the molecule is CNc1ccc(CN(C)Cc2ccco2)cc1[N+](=O)[O-]. The lowest BCUT2D eigenvalue weighted by Gasteiger charge is -2.15. The van der Waals surface area contributed by atoms with Crippen LogP contribution in [0.1, 0.15) is 11.3 Å². The molecule has 0 saturated heterocycles. The Balaban J connectivity index is 2.09. The van der Waals surface area contributed by atoms with E-state index in [2.05, 4.69) is 5.32 Å². The van der Waals surface area contributed by atoms with Gasteiger partial charge in [-0.2, -0.15) is 0 Å². The summed E-state index contributed by atoms with van der Waals surface area (Å²) >= 11 is 0. The first kappa shape index (κ1) is 14.1. The van der Waals surface area contributed by atoms with Crippen molar-refractivity contribution in [1.82, 2.24) is 4.90 Å². The molecule has 0 aliphatic rings. The number of furan rings is 1. The number of nitrogens with zero attached hydrogens (tertiary/aromatic N) is 2. The van der Waals surface area contributed by atoms with E-state index in [0.717, 1.165) is 11.3 Å². The molecule has 0 radical (unpaired) electrons. The van der Waals surface area contributed by atoms with Gasteiger partial charge in [0.2, 0.25) is 0 Å². The molecule has 0 unspecified atom stereocenters. The second-order valence-electron chi connectivity index (χ2n) is 4.61. The molecule has 0 spiro atoms. The summed E-state index contributed by atoms with van der Waals surface area (Å²) in [7, 11) is 3.62. The molecule has 1 aromatic heterocycles. The monoisotopic (exact) mass is 275 g/mol. The Morgan fingerprint density at radius 1 is 1.35 bits per heavy atom. The minimum atomic E-state index is -0.373. The number of nitro groups is 1. The van der Waals surface area contributed by atoms with E-state index in [9.17, 15) is 10.1 Å². The number of anilines is 1. The molecule has 20 heavy (non-hydrogen) atoms. The number of nitrogens with one attached hydrogen (secondary N) is 1. The van der Waals surface area contributed by atoms with Crippen LogP contribution in [-0.2, 0) is 13.1 Å². The molecule has 2 aromatic rings. The summed E-state index contributed by atoms with van der Waals surface area (Å²) < 4.78 is 5.28. The lowest BCUT2D eigenvalue weighted by Crippen LogP contribution is -2.17. The smallest absolute Gasteiger partial charge is 0.292 e. The van der Waals surface area contributed by atoms with E-state index in [4.69, 9.17) is 4.42 Å². The van der Waals surface area contributed by atoms with Gasteiger partial charge >= 0.3 is 0 Å². The van der Waals surface area contributed by atoms with Gasteiger partial charge in [0.1, 0.15) is 11.4 Å². The van der Waals surface area contributed by atoms with Crippen molar-refractivity contribution in [3.8, 4) is 0 Å². The van der Waals surface area contributed by atoms with E-state index in [0.29, 0.717) is 18.8 Å². The van der Waals surface area contributed by atoms with Crippen molar-refractivity contribution >= 4 is 11.4 Å². The van der Waals surface area contributed by atoms with Gasteiger partial charge in [-0.05, 0) is 30.8 Å². The molecule has 0 bridgehead atoms. The Morgan fingerprint density at radius 2 is 2.15 bits per heavy atom. The zero-order chi connectivity index (χ0) is 14.5. The van der Waals surface area contributed by atoms with Crippen LogP contribution in [0.15, 0.2) is 41.0 Å². The molecule has 6 heteroatoms. The van der Waals surface area contributed by atoms with Crippen LogP contribution in [0.5, 0.6) is 0 Å². The molecule has 0 saturated carbocycles. The van der Waals surface area contributed by atoms with Crippen molar-refractivity contribution in [3.63, 3.8) is 0 Å². The van der Waals surface area contributed by atoms with Crippen LogP contribution in [-0.4, -0.2) is 23.9 Å². The van der Waals surface area contributed by atoms with Crippen LogP contribution in [0.25, 0.3) is 0 Å². The molecule has 0 aliphatic heterocycles. The van der Waals surface area contributed by atoms with Crippen molar-refractivity contribution in [2.45, 2.75) is 13.1 Å². The number of benzene rings is 1. The topological polar surface area (TPSA) is 71.5 Å². The van der Waals surface area contributed by atoms with Gasteiger partial charge in [0.15, 0.2) is 0 Å². The lowest BCUT2D eigenvalue weighted by molar-refractivity contribution is -0.384. The first-order valence-corrected chi connectivity index (χ1v) is 6.26. The van der Waals surface area contributed by atoms with Crippen LogP contribution in [0.4, 0.5) is 11.4 Å². The molecule has 1 heterocycles. The van der Waals surface area contributed by atoms with Crippen molar-refractivity contribution in [2.24, 2.45) is 0 Å². The van der Waals surface area contributed by atoms with Crippen molar-refractivity contribution < 1.29 is 9.34 Å². The van der Waals surface area contributed by atoms with Gasteiger partial charge in [-0.1, -0.05) is 6.07 Å². The molecular formula is C14H17N3O3. The van der Waals surface area contributed by atoms with Crippen LogP contribution in [0.3, 0.4) is 0 Å². The average molecular weight is 275 g/mol. The molecule has 1 aromatic carbocycles. The summed E-state index contributed by atoms with van der Waals surface area (Å²) in [5.74, 6) is 0.869. The molecule has 0 amide bonds. The fourth-order valence-corrected chi connectivity index (χ4v) is 2.07. The van der Waals surface area contributed by atoms with Gasteiger partial charge in [-0.15, -0.1) is 0 Å². The highest BCUT2D eigenvalue weighted by Crippen LogP contribution is 2.25. The Kier molecular flexibility index (Phi) is 4.37. The number of hydrogen-bond acceptors (Lipinski definition) is 5. The van der Waals surface area contributed by atoms with Gasteiger partial charge in [0, 0.05) is 19.7 Å². The summed E-state index contributed by atoms with van der Waals surface area (Å²) in [5.41, 5.74) is 1.51. The lowest BCUT2D eigenvalue weighted by atomic mass is 10.1. The highest BCUT2D eigenvalue weighted by molar-refractivity contribution is 5.62. The third-order valence-corrected chi connectivity index (χ3v) is 2.99. The van der Waals surface area contributed by atoms with Crippen LogP contribution in [0, 0.1) is 10.1 Å². The molecular weight excluding hydrogens is 258 g/mol. The van der Waals surface area contributed by atoms with Gasteiger partial charge in [0.25, 0.3) is 5.69 Å². The van der Waals surface area contributed by atoms with E-state index in [1.807, 2.05) is 30.1 Å². The van der Waals surface area contributed by atoms with E-state index in [1.165, 1.54) is 0 Å². The van der Waals surface area contributed by atoms with Crippen molar-refractivity contribution in [3.05, 3.63) is 58.0 Å².